The number of nitrogens with zero attached hydrogens (tertiary/aromatic N) is 5. The maximum Gasteiger partial charge on any atom is 0.297 e. The number of hydrogen-bond donors (Lipinski definition) is 0. The summed E-state index contributed by atoms with van der Waals surface area (Å²) in [6.45, 7) is -0.191. The Hall–Kier alpha value is -2.72. The molecule has 0 aliphatic carbocycles. The minimum Gasteiger partial charge on any atom is -0.379 e. The van der Waals surface area contributed by atoms with Crippen LogP contribution in [0.15, 0.2) is 98.1 Å². The number of rotatable bonds is 10. The molecule has 3 aromatic carbocycles. The summed E-state index contributed by atoms with van der Waals surface area (Å²) in [6.07, 6.45) is -0.427. The van der Waals surface area contributed by atoms with E-state index in [9.17, 15) is 8.42 Å². The van der Waals surface area contributed by atoms with Gasteiger partial charge in [-0.05, 0) is 79.2 Å². The molecule has 1 aliphatic rings. The van der Waals surface area contributed by atoms with Crippen molar-refractivity contribution < 1.29 is 20.4 Å². The molecule has 196 valence electrons. The lowest BCUT2D eigenvalue weighted by Gasteiger charge is -2.16. The molecular formula is C25H25BIN5O5S. The maximum atomic E-state index is 12.5. The molecule has 38 heavy (non-hydrogen) atoms. The highest BCUT2D eigenvalue weighted by molar-refractivity contribution is 14.1. The van der Waals surface area contributed by atoms with Crippen LogP contribution in [0.5, 0.6) is 0 Å². The summed E-state index contributed by atoms with van der Waals surface area (Å²) >= 11 is 1.74. The van der Waals surface area contributed by atoms with E-state index < -0.39 is 22.2 Å². The van der Waals surface area contributed by atoms with Gasteiger partial charge in [0.25, 0.3) is 10.1 Å². The highest BCUT2D eigenvalue weighted by Gasteiger charge is 2.34. The van der Waals surface area contributed by atoms with Gasteiger partial charge in [-0.3, -0.25) is 4.18 Å². The minimum atomic E-state index is -3.99. The van der Waals surface area contributed by atoms with Gasteiger partial charge in [0.2, 0.25) is 0 Å². The van der Waals surface area contributed by atoms with Crippen molar-refractivity contribution in [3.05, 3.63) is 72.8 Å². The maximum absolute atomic E-state index is 12.5. The van der Waals surface area contributed by atoms with Crippen LogP contribution in [0.3, 0.4) is 0 Å². The minimum absolute atomic E-state index is 0.00300. The van der Waals surface area contributed by atoms with E-state index in [4.69, 9.17) is 19.8 Å². The second kappa shape index (κ2) is 12.9. The average molecular weight is 645 g/mol. The fourth-order valence-corrected chi connectivity index (χ4v) is 4.98. The highest BCUT2D eigenvalue weighted by Crippen LogP contribution is 2.27. The molecule has 4 rings (SSSR count). The lowest BCUT2D eigenvalue weighted by molar-refractivity contribution is 0.0227. The van der Waals surface area contributed by atoms with Crippen LogP contribution in [-0.4, -0.2) is 55.2 Å². The molecule has 3 atom stereocenters. The number of hydrogen-bond acceptors (Lipinski definition) is 10. The Morgan fingerprint density at radius 3 is 1.76 bits per heavy atom. The Balaban J connectivity index is 1.32. The first-order valence-corrected chi connectivity index (χ1v) is 13.9. The van der Waals surface area contributed by atoms with E-state index in [0.29, 0.717) is 23.5 Å². The summed E-state index contributed by atoms with van der Waals surface area (Å²) in [7, 11) is 5.71. The van der Waals surface area contributed by atoms with Crippen molar-refractivity contribution in [1.29, 1.82) is 0 Å². The number of halogens is 1. The molecule has 10 nitrogen and oxygen atoms in total. The first kappa shape index (κ1) is 28.3. The van der Waals surface area contributed by atoms with Gasteiger partial charge in [0.05, 0.1) is 34.3 Å². The zero-order valence-corrected chi connectivity index (χ0v) is 23.7. The molecule has 1 unspecified atom stereocenters. The van der Waals surface area contributed by atoms with Gasteiger partial charge >= 0.3 is 0 Å². The summed E-state index contributed by atoms with van der Waals surface area (Å²) in [5.74, 6) is 0. The fraction of sp³-hybridized carbons (Fsp3) is 0.280. The predicted molar refractivity (Wildman–Crippen MR) is 153 cm³/mol. The third kappa shape index (κ3) is 7.66. The molecule has 1 heterocycles. The molecule has 1 saturated heterocycles. The lowest BCUT2D eigenvalue weighted by atomic mass is 9.96. The molecule has 1 fully saturated rings. The van der Waals surface area contributed by atoms with Crippen molar-refractivity contribution in [2.45, 2.75) is 29.5 Å². The summed E-state index contributed by atoms with van der Waals surface area (Å²) in [5.41, 5.74) is 3.61. The third-order valence-electron chi connectivity index (χ3n) is 5.63. The van der Waals surface area contributed by atoms with Crippen molar-refractivity contribution in [1.82, 2.24) is 0 Å². The zero-order chi connectivity index (χ0) is 27.1. The molecule has 0 amide bonds. The van der Waals surface area contributed by atoms with Crippen LogP contribution in [0.4, 0.5) is 28.4 Å². The molecule has 0 aromatic heterocycles. The molecule has 0 spiro atoms. The van der Waals surface area contributed by atoms with Gasteiger partial charge < -0.3 is 12.7 Å². The largest absolute Gasteiger partial charge is 0.379 e. The van der Waals surface area contributed by atoms with Crippen LogP contribution in [-0.2, 0) is 22.1 Å². The standard InChI is InChI=1S/C25H25BIN5O5S/c1-32(2)21-11-7-19(8-12-21)30-28-17-3-5-18(6-4-17)29-31-20-9-13-22(14-10-20)38(33,34)35-16-24-23(37-27)15-25(26)36-24/h3-14,23-25H,15-16H2,1-2H3/t23?,24-,25-/m1/s1. The molecule has 1 aliphatic heterocycles. The highest BCUT2D eigenvalue weighted by atomic mass is 127. The summed E-state index contributed by atoms with van der Waals surface area (Å²) in [4.78, 5) is 2.01. The van der Waals surface area contributed by atoms with Crippen molar-refractivity contribution in [3.63, 3.8) is 0 Å². The number of ether oxygens (including phenoxy) is 1. The van der Waals surface area contributed by atoms with Gasteiger partial charge in [0.15, 0.2) is 0 Å². The molecule has 0 N–H and O–H groups in total. The quantitative estimate of drug-likeness (QED) is 0.111. The van der Waals surface area contributed by atoms with Gasteiger partial charge in [0.1, 0.15) is 43.1 Å². The van der Waals surface area contributed by atoms with E-state index in [1.807, 2.05) is 43.3 Å². The van der Waals surface area contributed by atoms with Crippen LogP contribution in [0.2, 0.25) is 0 Å². The smallest absolute Gasteiger partial charge is 0.297 e. The zero-order valence-electron chi connectivity index (χ0n) is 20.7. The van der Waals surface area contributed by atoms with Crippen LogP contribution < -0.4 is 4.90 Å². The molecule has 0 bridgehead atoms. The third-order valence-corrected chi connectivity index (χ3v) is 7.58. The monoisotopic (exact) mass is 645 g/mol. The second-order valence-corrected chi connectivity index (χ2v) is 10.8. The summed E-state index contributed by atoms with van der Waals surface area (Å²) in [5, 5.41) is 16.8. The van der Waals surface area contributed by atoms with E-state index in [1.165, 1.54) is 12.1 Å². The Kier molecular flexibility index (Phi) is 9.60. The van der Waals surface area contributed by atoms with Crippen molar-refractivity contribution >= 4 is 69.4 Å². The normalized spacial score (nSPS) is 19.9. The Bertz CT molecular complexity index is 1370. The molecule has 2 radical (unpaired) electrons. The van der Waals surface area contributed by atoms with Crippen LogP contribution in [0, 0.1) is 0 Å². The van der Waals surface area contributed by atoms with Crippen molar-refractivity contribution in [3.8, 4) is 0 Å². The van der Waals surface area contributed by atoms with Crippen LogP contribution >= 0.6 is 23.0 Å². The van der Waals surface area contributed by atoms with E-state index in [-0.39, 0.29) is 17.6 Å². The number of azo groups is 2. The fourth-order valence-electron chi connectivity index (χ4n) is 3.53. The lowest BCUT2D eigenvalue weighted by Crippen LogP contribution is -2.28. The van der Waals surface area contributed by atoms with Crippen molar-refractivity contribution in [2.75, 3.05) is 25.6 Å². The number of anilines is 1. The second-order valence-electron chi connectivity index (χ2n) is 8.64. The van der Waals surface area contributed by atoms with Crippen LogP contribution in [0.1, 0.15) is 6.42 Å². The van der Waals surface area contributed by atoms with E-state index in [1.54, 1.807) is 59.4 Å². The van der Waals surface area contributed by atoms with E-state index in [0.717, 1.165) is 11.4 Å². The molecule has 13 heteroatoms. The van der Waals surface area contributed by atoms with Gasteiger partial charge in [-0.15, -0.1) is 0 Å². The predicted octanol–water partition coefficient (Wildman–Crippen LogP) is 6.31. The summed E-state index contributed by atoms with van der Waals surface area (Å²) < 4.78 is 41.0. The average Bonchev–Trinajstić information content (AvgIpc) is 3.30. The van der Waals surface area contributed by atoms with Gasteiger partial charge in [0, 0.05) is 25.8 Å². The molecule has 3 aromatic rings. The first-order chi connectivity index (χ1) is 18.2. The number of benzene rings is 3. The SMILES string of the molecule is [B][C@H]1CC(OI)[C@@H](COS(=O)(=O)c2ccc(N=Nc3ccc(N=Nc4ccc(N(C)C)cc4)cc3)cc2)O1. The van der Waals surface area contributed by atoms with Crippen molar-refractivity contribution in [2.24, 2.45) is 20.5 Å². The van der Waals surface area contributed by atoms with E-state index >= 15 is 0 Å². The Morgan fingerprint density at radius 1 is 0.868 bits per heavy atom. The Morgan fingerprint density at radius 2 is 1.32 bits per heavy atom. The molecular weight excluding hydrogens is 620 g/mol. The molecule has 0 saturated carbocycles. The Labute approximate surface area is 237 Å². The topological polar surface area (TPSA) is 115 Å². The van der Waals surface area contributed by atoms with Gasteiger partial charge in [-0.25, -0.2) is 0 Å². The van der Waals surface area contributed by atoms with E-state index in [2.05, 4.69) is 20.5 Å². The van der Waals surface area contributed by atoms with Gasteiger partial charge in [-0.2, -0.15) is 28.9 Å². The van der Waals surface area contributed by atoms with Gasteiger partial charge in [-0.1, -0.05) is 0 Å². The summed E-state index contributed by atoms with van der Waals surface area (Å²) in [6, 6.07) is 20.3. The first-order valence-electron chi connectivity index (χ1n) is 11.6. The van der Waals surface area contributed by atoms with Crippen LogP contribution in [0.25, 0.3) is 0 Å².